The molecular formula is C16H17Cl2NO3S. The molecule has 0 heterocycles. The van der Waals surface area contributed by atoms with Crippen molar-refractivity contribution in [2.24, 2.45) is 0 Å². The summed E-state index contributed by atoms with van der Waals surface area (Å²) in [4.78, 5) is 0.146. The molecule has 0 bridgehead atoms. The molecule has 0 amide bonds. The highest BCUT2D eigenvalue weighted by Gasteiger charge is 2.19. The van der Waals surface area contributed by atoms with Crippen LogP contribution < -0.4 is 9.46 Å². The second kappa shape index (κ2) is 6.99. The molecule has 23 heavy (non-hydrogen) atoms. The van der Waals surface area contributed by atoms with Gasteiger partial charge in [-0.25, -0.2) is 8.42 Å². The summed E-state index contributed by atoms with van der Waals surface area (Å²) in [6, 6.07) is 9.32. The SMILES string of the molecule is COc1ccc(S(=O)(=O)Nc2ccc(Cl)cc2Cl)cc1C(C)C. The van der Waals surface area contributed by atoms with Gasteiger partial charge >= 0.3 is 0 Å². The number of halogens is 2. The van der Waals surface area contributed by atoms with Gasteiger partial charge in [0.15, 0.2) is 0 Å². The van der Waals surface area contributed by atoms with Crippen molar-refractivity contribution < 1.29 is 13.2 Å². The van der Waals surface area contributed by atoms with Gasteiger partial charge in [-0.1, -0.05) is 37.0 Å². The number of ether oxygens (including phenoxy) is 1. The fraction of sp³-hybridized carbons (Fsp3) is 0.250. The Kier molecular flexibility index (Phi) is 5.45. The first-order valence-electron chi connectivity index (χ1n) is 6.90. The van der Waals surface area contributed by atoms with Gasteiger partial charge in [0.1, 0.15) is 5.75 Å². The van der Waals surface area contributed by atoms with Crippen LogP contribution in [0.5, 0.6) is 5.75 Å². The molecule has 4 nitrogen and oxygen atoms in total. The fourth-order valence-electron chi connectivity index (χ4n) is 2.11. The Bertz CT molecular complexity index is 820. The van der Waals surface area contributed by atoms with E-state index in [2.05, 4.69) is 4.72 Å². The zero-order valence-corrected chi connectivity index (χ0v) is 15.3. The maximum Gasteiger partial charge on any atom is 0.261 e. The van der Waals surface area contributed by atoms with Crippen molar-refractivity contribution in [3.63, 3.8) is 0 Å². The topological polar surface area (TPSA) is 55.4 Å². The number of anilines is 1. The van der Waals surface area contributed by atoms with Crippen molar-refractivity contribution in [3.05, 3.63) is 52.0 Å². The fourth-order valence-corrected chi connectivity index (χ4v) is 3.73. The average Bonchev–Trinajstić information content (AvgIpc) is 2.49. The van der Waals surface area contributed by atoms with Crippen LogP contribution in [0.15, 0.2) is 41.3 Å². The lowest BCUT2D eigenvalue weighted by Gasteiger charge is -2.15. The van der Waals surface area contributed by atoms with Crippen LogP contribution in [0.25, 0.3) is 0 Å². The van der Waals surface area contributed by atoms with E-state index in [1.807, 2.05) is 13.8 Å². The van der Waals surface area contributed by atoms with E-state index in [9.17, 15) is 8.42 Å². The molecule has 0 fully saturated rings. The van der Waals surface area contributed by atoms with E-state index < -0.39 is 10.0 Å². The predicted octanol–water partition coefficient (Wildman–Crippen LogP) is 4.93. The average molecular weight is 374 g/mol. The van der Waals surface area contributed by atoms with E-state index >= 15 is 0 Å². The van der Waals surface area contributed by atoms with E-state index in [-0.39, 0.29) is 21.5 Å². The van der Waals surface area contributed by atoms with Crippen LogP contribution >= 0.6 is 23.2 Å². The smallest absolute Gasteiger partial charge is 0.261 e. The molecule has 0 spiro atoms. The Balaban J connectivity index is 2.41. The van der Waals surface area contributed by atoms with E-state index in [1.54, 1.807) is 25.3 Å². The lowest BCUT2D eigenvalue weighted by Crippen LogP contribution is -2.14. The van der Waals surface area contributed by atoms with E-state index in [1.165, 1.54) is 18.2 Å². The number of hydrogen-bond donors (Lipinski definition) is 1. The van der Waals surface area contributed by atoms with Crippen molar-refractivity contribution in [1.29, 1.82) is 0 Å². The normalized spacial score (nSPS) is 11.6. The molecule has 0 unspecified atom stereocenters. The van der Waals surface area contributed by atoms with Gasteiger partial charge in [0, 0.05) is 5.02 Å². The highest BCUT2D eigenvalue weighted by Crippen LogP contribution is 2.31. The van der Waals surface area contributed by atoms with Gasteiger partial charge in [0.25, 0.3) is 10.0 Å². The molecule has 2 aromatic carbocycles. The van der Waals surface area contributed by atoms with Crippen LogP contribution in [0.1, 0.15) is 25.3 Å². The first kappa shape index (κ1) is 17.9. The standard InChI is InChI=1S/C16H17Cl2NO3S/c1-10(2)13-9-12(5-7-16(13)22-3)23(20,21)19-15-6-4-11(17)8-14(15)18/h4-10,19H,1-3H3. The van der Waals surface area contributed by atoms with Crippen LogP contribution in [-0.2, 0) is 10.0 Å². The van der Waals surface area contributed by atoms with Gasteiger partial charge in [-0.3, -0.25) is 4.72 Å². The Morgan fingerprint density at radius 2 is 1.78 bits per heavy atom. The van der Waals surface area contributed by atoms with Gasteiger partial charge in [0.05, 0.1) is 22.7 Å². The molecule has 1 N–H and O–H groups in total. The second-order valence-electron chi connectivity index (χ2n) is 5.29. The van der Waals surface area contributed by atoms with Crippen LogP contribution in [0.2, 0.25) is 10.0 Å². The molecule has 7 heteroatoms. The van der Waals surface area contributed by atoms with Gasteiger partial charge in [-0.2, -0.15) is 0 Å². The number of benzene rings is 2. The van der Waals surface area contributed by atoms with Gasteiger partial charge in [0.2, 0.25) is 0 Å². The largest absolute Gasteiger partial charge is 0.496 e. The van der Waals surface area contributed by atoms with Crippen LogP contribution in [0.3, 0.4) is 0 Å². The van der Waals surface area contributed by atoms with E-state index in [0.717, 1.165) is 5.56 Å². The number of hydrogen-bond acceptors (Lipinski definition) is 3. The van der Waals surface area contributed by atoms with Crippen LogP contribution in [0, 0.1) is 0 Å². The molecule has 0 aliphatic rings. The van der Waals surface area contributed by atoms with Crippen LogP contribution in [-0.4, -0.2) is 15.5 Å². The molecular weight excluding hydrogens is 357 g/mol. The molecule has 0 aromatic heterocycles. The minimum atomic E-state index is -3.76. The number of nitrogens with one attached hydrogen (secondary N) is 1. The third kappa shape index (κ3) is 4.10. The summed E-state index contributed by atoms with van der Waals surface area (Å²) in [6.07, 6.45) is 0. The molecule has 0 saturated carbocycles. The molecule has 0 aliphatic carbocycles. The first-order valence-corrected chi connectivity index (χ1v) is 9.14. The van der Waals surface area contributed by atoms with Crippen LogP contribution in [0.4, 0.5) is 5.69 Å². The molecule has 0 atom stereocenters. The number of methoxy groups -OCH3 is 1. The minimum absolute atomic E-state index is 0.124. The predicted molar refractivity (Wildman–Crippen MR) is 94.4 cm³/mol. The first-order chi connectivity index (χ1) is 10.7. The Morgan fingerprint density at radius 1 is 1.09 bits per heavy atom. The summed E-state index contributed by atoms with van der Waals surface area (Å²) in [6.45, 7) is 3.94. The third-order valence-corrected chi connectivity index (χ3v) is 5.22. The van der Waals surface area contributed by atoms with Gasteiger partial charge in [-0.15, -0.1) is 0 Å². The summed E-state index contributed by atoms with van der Waals surface area (Å²) in [5.74, 6) is 0.780. The maximum absolute atomic E-state index is 12.6. The highest BCUT2D eigenvalue weighted by atomic mass is 35.5. The van der Waals surface area contributed by atoms with Crippen molar-refractivity contribution in [3.8, 4) is 5.75 Å². The monoisotopic (exact) mass is 373 g/mol. The van der Waals surface area contributed by atoms with Gasteiger partial charge in [-0.05, 0) is 47.9 Å². The zero-order chi connectivity index (χ0) is 17.2. The third-order valence-electron chi connectivity index (χ3n) is 3.31. The summed E-state index contributed by atoms with van der Waals surface area (Å²) >= 11 is 11.8. The lowest BCUT2D eigenvalue weighted by molar-refractivity contribution is 0.407. The zero-order valence-electron chi connectivity index (χ0n) is 12.9. The molecule has 2 rings (SSSR count). The van der Waals surface area contributed by atoms with Crippen molar-refractivity contribution in [2.45, 2.75) is 24.7 Å². The summed E-state index contributed by atoms with van der Waals surface area (Å²) < 4.78 is 32.9. The Hall–Kier alpha value is -1.43. The molecule has 2 aromatic rings. The number of sulfonamides is 1. The van der Waals surface area contributed by atoms with E-state index in [4.69, 9.17) is 27.9 Å². The van der Waals surface area contributed by atoms with Crippen molar-refractivity contribution in [1.82, 2.24) is 0 Å². The van der Waals surface area contributed by atoms with Gasteiger partial charge < -0.3 is 4.74 Å². The van der Waals surface area contributed by atoms with Crippen molar-refractivity contribution in [2.75, 3.05) is 11.8 Å². The number of rotatable bonds is 5. The summed E-state index contributed by atoms with van der Waals surface area (Å²) in [7, 11) is -2.21. The molecule has 0 saturated heterocycles. The highest BCUT2D eigenvalue weighted by molar-refractivity contribution is 7.92. The molecule has 0 aliphatic heterocycles. The summed E-state index contributed by atoms with van der Waals surface area (Å²) in [5, 5.41) is 0.670. The summed E-state index contributed by atoms with van der Waals surface area (Å²) in [5.41, 5.74) is 1.09. The Morgan fingerprint density at radius 3 is 2.35 bits per heavy atom. The van der Waals surface area contributed by atoms with E-state index in [0.29, 0.717) is 10.8 Å². The lowest BCUT2D eigenvalue weighted by atomic mass is 10.0. The molecule has 124 valence electrons. The quantitative estimate of drug-likeness (QED) is 0.808. The Labute approximate surface area is 146 Å². The second-order valence-corrected chi connectivity index (χ2v) is 7.81. The minimum Gasteiger partial charge on any atom is -0.496 e. The maximum atomic E-state index is 12.6. The van der Waals surface area contributed by atoms with Crippen molar-refractivity contribution >= 4 is 38.9 Å². The molecule has 0 radical (unpaired) electrons.